The number of aromatic nitrogens is 3. The van der Waals surface area contributed by atoms with E-state index in [1.54, 1.807) is 55.0 Å². The van der Waals surface area contributed by atoms with Crippen LogP contribution in [0.2, 0.25) is 0 Å². The fourth-order valence-corrected chi connectivity index (χ4v) is 5.15. The van der Waals surface area contributed by atoms with E-state index in [0.717, 1.165) is 28.4 Å². The molecule has 9 nitrogen and oxygen atoms in total. The summed E-state index contributed by atoms with van der Waals surface area (Å²) in [6, 6.07) is 16.5. The van der Waals surface area contributed by atoms with E-state index >= 15 is 4.39 Å². The molecule has 0 aliphatic carbocycles. The van der Waals surface area contributed by atoms with Gasteiger partial charge in [0.25, 0.3) is 0 Å². The number of imidazole rings is 1. The Kier molecular flexibility index (Phi) is 7.85. The number of halogens is 1. The molecule has 0 radical (unpaired) electrons. The number of anilines is 2. The van der Waals surface area contributed by atoms with Crippen molar-refractivity contribution in [2.24, 2.45) is 5.73 Å². The van der Waals surface area contributed by atoms with Crippen LogP contribution in [-0.4, -0.2) is 51.9 Å². The molecule has 0 aliphatic heterocycles. The predicted molar refractivity (Wildman–Crippen MR) is 153 cm³/mol. The van der Waals surface area contributed by atoms with Gasteiger partial charge in [0.1, 0.15) is 12.2 Å². The number of pyridine rings is 1. The smallest absolute Gasteiger partial charge is 0.240 e. The molecule has 2 N–H and O–H groups in total. The zero-order valence-electron chi connectivity index (χ0n) is 22.0. The van der Waals surface area contributed by atoms with E-state index in [4.69, 9.17) is 10.5 Å². The number of thiophene rings is 1. The maximum absolute atomic E-state index is 15.4. The molecule has 0 aliphatic rings. The number of carbonyl (C=O) groups excluding carboxylic acids is 2. The zero-order valence-corrected chi connectivity index (χ0v) is 22.8. The number of amides is 2. The third-order valence-corrected chi connectivity index (χ3v) is 7.21. The van der Waals surface area contributed by atoms with Crippen LogP contribution in [0.5, 0.6) is 11.5 Å². The number of primary amides is 1. The summed E-state index contributed by atoms with van der Waals surface area (Å²) in [7, 11) is 4.05. The van der Waals surface area contributed by atoms with E-state index in [0.29, 0.717) is 17.0 Å². The van der Waals surface area contributed by atoms with Gasteiger partial charge in [0.05, 0.1) is 32.8 Å². The molecule has 0 saturated carbocycles. The maximum atomic E-state index is 15.4. The molecular weight excluding hydrogens is 531 g/mol. The number of nitrogens with zero attached hydrogens (tertiary/aromatic N) is 5. The lowest BCUT2D eigenvalue weighted by Gasteiger charge is -2.23. The molecule has 11 heteroatoms. The molecule has 0 unspecified atom stereocenters. The second-order valence-corrected chi connectivity index (χ2v) is 10.4. The Morgan fingerprint density at radius 2 is 1.82 bits per heavy atom. The maximum Gasteiger partial charge on any atom is 0.240 e. The van der Waals surface area contributed by atoms with Crippen molar-refractivity contribution in [3.05, 3.63) is 85.2 Å². The lowest BCUT2D eigenvalue weighted by atomic mass is 10.2. The largest absolute Gasteiger partial charge is 0.453 e. The Morgan fingerprint density at radius 3 is 2.55 bits per heavy atom. The molecule has 3 aromatic heterocycles. The van der Waals surface area contributed by atoms with Crippen LogP contribution in [-0.2, 0) is 16.1 Å². The first kappa shape index (κ1) is 27.0. The van der Waals surface area contributed by atoms with Crippen LogP contribution >= 0.6 is 11.3 Å². The SMILES string of the molecule is CN(C)CCn1cnc(-c2cc3nccc(Oc4ccc(N(C(=O)CC(N)=O)c5ccccc5)cc4F)c3s2)c1. The normalized spacial score (nSPS) is 11.2. The number of hydrogen-bond donors (Lipinski definition) is 1. The van der Waals surface area contributed by atoms with Crippen molar-refractivity contribution in [3.63, 3.8) is 0 Å². The molecule has 2 amide bonds. The highest BCUT2D eigenvalue weighted by Gasteiger charge is 2.22. The minimum atomic E-state index is -0.774. The van der Waals surface area contributed by atoms with Gasteiger partial charge in [-0.3, -0.25) is 19.5 Å². The van der Waals surface area contributed by atoms with Crippen LogP contribution in [0.4, 0.5) is 15.8 Å². The average molecular weight is 559 g/mol. The average Bonchev–Trinajstić information content (AvgIpc) is 3.57. The molecule has 3 heterocycles. The van der Waals surface area contributed by atoms with E-state index in [9.17, 15) is 9.59 Å². The van der Waals surface area contributed by atoms with Crippen molar-refractivity contribution in [1.29, 1.82) is 0 Å². The van der Waals surface area contributed by atoms with E-state index in [-0.39, 0.29) is 11.4 Å². The minimum Gasteiger partial charge on any atom is -0.453 e. The number of carbonyl (C=O) groups is 2. The fourth-order valence-electron chi connectivity index (χ4n) is 4.12. The summed E-state index contributed by atoms with van der Waals surface area (Å²) in [5.74, 6) is -1.59. The number of nitrogens with two attached hydrogens (primary N) is 1. The van der Waals surface area contributed by atoms with Gasteiger partial charge in [-0.05, 0) is 44.4 Å². The van der Waals surface area contributed by atoms with Gasteiger partial charge in [0.15, 0.2) is 11.6 Å². The number of benzene rings is 2. The quantitative estimate of drug-likeness (QED) is 0.236. The van der Waals surface area contributed by atoms with Crippen LogP contribution in [0.15, 0.2) is 79.4 Å². The monoisotopic (exact) mass is 558 g/mol. The van der Waals surface area contributed by atoms with Gasteiger partial charge in [-0.2, -0.15) is 0 Å². The van der Waals surface area contributed by atoms with Crippen molar-refractivity contribution in [2.45, 2.75) is 13.0 Å². The second kappa shape index (κ2) is 11.6. The van der Waals surface area contributed by atoms with Crippen molar-refractivity contribution in [3.8, 4) is 22.1 Å². The highest BCUT2D eigenvalue weighted by molar-refractivity contribution is 7.22. The Balaban J connectivity index is 1.42. The Morgan fingerprint density at radius 1 is 1.02 bits per heavy atom. The van der Waals surface area contributed by atoms with Gasteiger partial charge in [-0.15, -0.1) is 11.3 Å². The molecule has 40 heavy (non-hydrogen) atoms. The number of ether oxygens (including phenoxy) is 1. The van der Waals surface area contributed by atoms with Gasteiger partial charge in [0.2, 0.25) is 11.8 Å². The van der Waals surface area contributed by atoms with E-state index < -0.39 is 24.1 Å². The number of para-hydroxylation sites is 1. The van der Waals surface area contributed by atoms with E-state index in [1.165, 1.54) is 28.4 Å². The molecule has 0 fully saturated rings. The summed E-state index contributed by atoms with van der Waals surface area (Å²) in [5, 5.41) is 0. The zero-order chi connectivity index (χ0) is 28.2. The number of hydrogen-bond acceptors (Lipinski definition) is 7. The molecule has 0 spiro atoms. The topological polar surface area (TPSA) is 107 Å². The predicted octanol–water partition coefficient (Wildman–Crippen LogP) is 5.19. The number of likely N-dealkylation sites (N-methyl/N-ethyl adjacent to an activating group) is 1. The number of fused-ring (bicyclic) bond motifs is 1. The highest BCUT2D eigenvalue weighted by atomic mass is 32.1. The van der Waals surface area contributed by atoms with Crippen LogP contribution in [0.1, 0.15) is 6.42 Å². The lowest BCUT2D eigenvalue weighted by molar-refractivity contribution is -0.125. The first-order valence-corrected chi connectivity index (χ1v) is 13.3. The summed E-state index contributed by atoms with van der Waals surface area (Å²) in [4.78, 5) is 37.5. The Bertz CT molecular complexity index is 1670. The van der Waals surface area contributed by atoms with E-state index in [1.807, 2.05) is 30.9 Å². The summed E-state index contributed by atoms with van der Waals surface area (Å²) < 4.78 is 24.1. The first-order chi connectivity index (χ1) is 19.3. The molecular formula is C29H27FN6O3S. The van der Waals surface area contributed by atoms with E-state index in [2.05, 4.69) is 14.9 Å². The Hall–Kier alpha value is -4.61. The van der Waals surface area contributed by atoms with Crippen molar-refractivity contribution in [2.75, 3.05) is 25.5 Å². The van der Waals surface area contributed by atoms with Crippen LogP contribution in [0.3, 0.4) is 0 Å². The van der Waals surface area contributed by atoms with Crippen LogP contribution in [0.25, 0.3) is 20.8 Å². The molecule has 204 valence electrons. The highest BCUT2D eigenvalue weighted by Crippen LogP contribution is 2.40. The first-order valence-electron chi connectivity index (χ1n) is 12.5. The summed E-state index contributed by atoms with van der Waals surface area (Å²) in [6.07, 6.45) is 4.89. The van der Waals surface area contributed by atoms with Gasteiger partial charge in [-0.1, -0.05) is 18.2 Å². The molecule has 0 atom stereocenters. The molecule has 0 bridgehead atoms. The summed E-state index contributed by atoms with van der Waals surface area (Å²) >= 11 is 1.46. The van der Waals surface area contributed by atoms with Crippen molar-refractivity contribution in [1.82, 2.24) is 19.4 Å². The molecule has 5 rings (SSSR count). The van der Waals surface area contributed by atoms with Crippen molar-refractivity contribution < 1.29 is 18.7 Å². The third-order valence-electron chi connectivity index (χ3n) is 6.05. The van der Waals surface area contributed by atoms with Crippen molar-refractivity contribution >= 4 is 44.7 Å². The molecule has 5 aromatic rings. The summed E-state index contributed by atoms with van der Waals surface area (Å²) in [6.45, 7) is 1.72. The lowest BCUT2D eigenvalue weighted by Crippen LogP contribution is -2.30. The standard InChI is InChI=1S/C29H27FN6O3S/c1-34(2)12-13-35-17-23(33-18-35)26-15-22-29(40-26)25(10-11-32-22)39-24-9-8-20(14-21(24)30)36(28(38)16-27(31)37)19-6-4-3-5-7-19/h3-11,14-15,17-18H,12-13,16H2,1-2H3,(H2,31,37). The number of rotatable bonds is 10. The van der Waals surface area contributed by atoms with Gasteiger partial charge >= 0.3 is 0 Å². The molecule has 0 saturated heterocycles. The Labute approximate surface area is 234 Å². The summed E-state index contributed by atoms with van der Waals surface area (Å²) in [5.41, 5.74) is 7.50. The van der Waals surface area contributed by atoms with Crippen LogP contribution in [0, 0.1) is 5.82 Å². The minimum absolute atomic E-state index is 0.0190. The van der Waals surface area contributed by atoms with Crippen LogP contribution < -0.4 is 15.4 Å². The molecule has 2 aromatic carbocycles. The van der Waals surface area contributed by atoms with Gasteiger partial charge in [0, 0.05) is 43.3 Å². The van der Waals surface area contributed by atoms with Gasteiger partial charge < -0.3 is 19.9 Å². The fraction of sp³-hybridized carbons (Fsp3) is 0.172. The van der Waals surface area contributed by atoms with Gasteiger partial charge in [-0.25, -0.2) is 9.37 Å². The third kappa shape index (κ3) is 6.00. The second-order valence-electron chi connectivity index (χ2n) is 9.36.